The highest BCUT2D eigenvalue weighted by Crippen LogP contribution is 2.50. The Kier molecular flexibility index (Phi) is 9.10. The van der Waals surface area contributed by atoms with Gasteiger partial charge in [-0.1, -0.05) is 0 Å². The molecule has 2 heterocycles. The highest BCUT2D eigenvalue weighted by atomic mass is 19.4. The van der Waals surface area contributed by atoms with Gasteiger partial charge in [0.05, 0.1) is 25.2 Å². The fraction of sp³-hybridized carbons (Fsp3) is 1.00. The molecule has 7 atom stereocenters. The maximum atomic E-state index is 15.5. The van der Waals surface area contributed by atoms with Crippen molar-refractivity contribution in [1.29, 1.82) is 0 Å². The molecule has 21 heteroatoms. The van der Waals surface area contributed by atoms with E-state index in [9.17, 15) is 65.9 Å². The van der Waals surface area contributed by atoms with Crippen LogP contribution < -0.4 is 0 Å². The molecule has 0 bridgehead atoms. The molecule has 232 valence electrons. The smallest absolute Gasteiger partial charge is 0.378 e. The van der Waals surface area contributed by atoms with Crippen molar-refractivity contribution in [1.82, 2.24) is 4.90 Å². The van der Waals surface area contributed by atoms with Crippen LogP contribution in [0.15, 0.2) is 0 Å². The Morgan fingerprint density at radius 1 is 0.718 bits per heavy atom. The lowest BCUT2D eigenvalue weighted by Crippen LogP contribution is -2.68. The van der Waals surface area contributed by atoms with Crippen LogP contribution in [0, 0.1) is 5.41 Å². The van der Waals surface area contributed by atoms with Crippen LogP contribution in [0.25, 0.3) is 0 Å². The lowest BCUT2D eigenvalue weighted by atomic mass is 9.82. The molecule has 0 saturated carbocycles. The molecule has 4 nitrogen and oxygen atoms in total. The zero-order valence-electron chi connectivity index (χ0n) is 19.0. The summed E-state index contributed by atoms with van der Waals surface area (Å²) >= 11 is 0. The van der Waals surface area contributed by atoms with Crippen LogP contribution >= 0.6 is 0 Å². The first kappa shape index (κ1) is 33.9. The van der Waals surface area contributed by atoms with Crippen molar-refractivity contribution in [2.24, 2.45) is 5.41 Å². The van der Waals surface area contributed by atoms with Crippen LogP contribution in [0.4, 0.5) is 74.6 Å². The molecule has 2 saturated heterocycles. The Labute approximate surface area is 207 Å². The first-order valence-electron chi connectivity index (χ1n) is 10.4. The number of ether oxygens (including phenoxy) is 3. The van der Waals surface area contributed by atoms with Gasteiger partial charge in [-0.3, -0.25) is 4.90 Å². The summed E-state index contributed by atoms with van der Waals surface area (Å²) in [6.07, 6.45) is -44.0. The fourth-order valence-electron chi connectivity index (χ4n) is 3.78. The van der Waals surface area contributed by atoms with E-state index >= 15 is 8.78 Å². The molecule has 0 radical (unpaired) electrons. The van der Waals surface area contributed by atoms with Crippen molar-refractivity contribution < 1.29 is 88.8 Å². The van der Waals surface area contributed by atoms with E-state index in [0.717, 1.165) is 0 Å². The molecule has 7 unspecified atom stereocenters. The van der Waals surface area contributed by atoms with Gasteiger partial charge in [0.15, 0.2) is 18.5 Å². The van der Waals surface area contributed by atoms with Crippen molar-refractivity contribution in [2.45, 2.75) is 74.0 Å². The van der Waals surface area contributed by atoms with Gasteiger partial charge in [-0.15, -0.1) is 0 Å². The van der Waals surface area contributed by atoms with Gasteiger partial charge in [0.25, 0.3) is 17.8 Å². The number of morpholine rings is 1. The molecular weight excluding hydrogens is 601 g/mol. The molecule has 2 aliphatic heterocycles. The second-order valence-electron chi connectivity index (χ2n) is 9.15. The normalized spacial score (nSPS) is 32.3. The van der Waals surface area contributed by atoms with Gasteiger partial charge in [-0.2, -0.15) is 52.7 Å². The van der Waals surface area contributed by atoms with Gasteiger partial charge in [0, 0.05) is 13.1 Å². The maximum Gasteiger partial charge on any atom is 0.429 e. The number of hydrogen-bond acceptors (Lipinski definition) is 4. The minimum atomic E-state index is -6.53. The predicted octanol–water partition coefficient (Wildman–Crippen LogP) is 5.70. The van der Waals surface area contributed by atoms with Crippen molar-refractivity contribution in [3.05, 3.63) is 0 Å². The highest BCUT2D eigenvalue weighted by molar-refractivity contribution is 5.05. The number of rotatable bonds is 5. The Hall–Kier alpha value is -1.35. The molecule has 0 aromatic carbocycles. The van der Waals surface area contributed by atoms with Crippen LogP contribution in [0.1, 0.15) is 6.92 Å². The molecule has 2 fully saturated rings. The molecule has 2 aliphatic rings. The zero-order valence-corrected chi connectivity index (χ0v) is 19.0. The largest absolute Gasteiger partial charge is 0.429 e. The van der Waals surface area contributed by atoms with Gasteiger partial charge in [-0.05, 0) is 6.92 Å². The van der Waals surface area contributed by atoms with E-state index in [1.54, 1.807) is 0 Å². The first-order valence-corrected chi connectivity index (χ1v) is 10.4. The molecule has 0 aromatic heterocycles. The summed E-state index contributed by atoms with van der Waals surface area (Å²) in [6.45, 7) is -9.63. The van der Waals surface area contributed by atoms with E-state index in [1.165, 1.54) is 0 Å². The summed E-state index contributed by atoms with van der Waals surface area (Å²) in [5.41, 5.74) is -9.03. The number of alkyl halides is 17. The summed E-state index contributed by atoms with van der Waals surface area (Å²) in [7, 11) is 0. The standard InChI is InChI=1S/C18H18F17NO3/c1-12(14(22,23)10(19)17(30,31)32)5-37-4-9(38-6-12)13(21,18(33,34)35)11(20)36-2-7(15(24,25)26)39-8(3-36)16(27,28)29/h7-11H,2-6H2,1H3. The first-order chi connectivity index (χ1) is 17.2. The van der Waals surface area contributed by atoms with Crippen molar-refractivity contribution >= 4 is 0 Å². The van der Waals surface area contributed by atoms with Crippen molar-refractivity contribution in [2.75, 3.05) is 32.9 Å². The molecule has 2 rings (SSSR count). The summed E-state index contributed by atoms with van der Waals surface area (Å²) in [6, 6.07) is 0. The quantitative estimate of drug-likeness (QED) is 0.292. The van der Waals surface area contributed by atoms with E-state index in [-0.39, 0.29) is 6.92 Å². The van der Waals surface area contributed by atoms with Gasteiger partial charge < -0.3 is 14.2 Å². The van der Waals surface area contributed by atoms with E-state index < -0.39 is 110 Å². The third-order valence-corrected chi connectivity index (χ3v) is 6.13. The second-order valence-corrected chi connectivity index (χ2v) is 9.15. The monoisotopic (exact) mass is 619 g/mol. The van der Waals surface area contributed by atoms with Crippen LogP contribution in [0.5, 0.6) is 0 Å². The van der Waals surface area contributed by atoms with E-state index in [1.807, 2.05) is 0 Å². The SMILES string of the molecule is CC1(C(F)(F)C(F)C(F)(F)F)COCC(C(F)(C(F)N2CC(C(F)(F)F)OC(C(F)(F)F)C2)C(F)(F)F)OC1. The number of halogens is 17. The Morgan fingerprint density at radius 2 is 1.18 bits per heavy atom. The predicted molar refractivity (Wildman–Crippen MR) is 91.7 cm³/mol. The van der Waals surface area contributed by atoms with Crippen molar-refractivity contribution in [3.8, 4) is 0 Å². The van der Waals surface area contributed by atoms with Crippen LogP contribution in [0.3, 0.4) is 0 Å². The Bertz CT molecular complexity index is 821. The average Bonchev–Trinajstić information content (AvgIpc) is 2.97. The van der Waals surface area contributed by atoms with Gasteiger partial charge in [-0.25, -0.2) is 22.0 Å². The molecule has 0 spiro atoms. The minimum absolute atomic E-state index is 0.151. The summed E-state index contributed by atoms with van der Waals surface area (Å²) in [5, 5.41) is 0. The lowest BCUT2D eigenvalue weighted by molar-refractivity contribution is -0.337. The molecule has 0 amide bonds. The van der Waals surface area contributed by atoms with Crippen LogP contribution in [0.2, 0.25) is 0 Å². The van der Waals surface area contributed by atoms with E-state index in [4.69, 9.17) is 0 Å². The number of nitrogens with zero attached hydrogens (tertiary/aromatic N) is 1. The maximum absolute atomic E-state index is 15.5. The van der Waals surface area contributed by atoms with Crippen molar-refractivity contribution in [3.63, 3.8) is 0 Å². The second kappa shape index (κ2) is 10.5. The highest BCUT2D eigenvalue weighted by Gasteiger charge is 2.72. The third-order valence-electron chi connectivity index (χ3n) is 6.13. The van der Waals surface area contributed by atoms with Gasteiger partial charge in [0.2, 0.25) is 0 Å². The topological polar surface area (TPSA) is 30.9 Å². The van der Waals surface area contributed by atoms with Crippen LogP contribution in [-0.4, -0.2) is 105 Å². The summed E-state index contributed by atoms with van der Waals surface area (Å²) < 4.78 is 242. The number of hydrogen-bond donors (Lipinski definition) is 0. The lowest BCUT2D eigenvalue weighted by Gasteiger charge is -2.45. The average molecular weight is 619 g/mol. The van der Waals surface area contributed by atoms with Gasteiger partial charge in [0.1, 0.15) is 6.10 Å². The molecule has 0 aromatic rings. The molecule has 0 N–H and O–H groups in total. The van der Waals surface area contributed by atoms with E-state index in [0.29, 0.717) is 0 Å². The molecule has 0 aliphatic carbocycles. The Morgan fingerprint density at radius 3 is 1.56 bits per heavy atom. The fourth-order valence-corrected chi connectivity index (χ4v) is 3.78. The zero-order chi connectivity index (χ0) is 30.6. The van der Waals surface area contributed by atoms with Crippen LogP contribution in [-0.2, 0) is 14.2 Å². The summed E-state index contributed by atoms with van der Waals surface area (Å²) in [5.74, 6) is -5.48. The Balaban J connectivity index is 2.43. The van der Waals surface area contributed by atoms with E-state index in [2.05, 4.69) is 14.2 Å². The van der Waals surface area contributed by atoms with Gasteiger partial charge >= 0.3 is 24.7 Å². The molecular formula is C18H18F17NO3. The summed E-state index contributed by atoms with van der Waals surface area (Å²) in [4.78, 5) is -0.837. The molecule has 39 heavy (non-hydrogen) atoms. The minimum Gasteiger partial charge on any atom is -0.378 e. The third kappa shape index (κ3) is 6.60.